The minimum atomic E-state index is -1.22. The molecule has 2 fully saturated rings. The van der Waals surface area contributed by atoms with Crippen molar-refractivity contribution in [3.05, 3.63) is 29.8 Å². The van der Waals surface area contributed by atoms with Crippen LogP contribution in [0, 0.1) is 5.92 Å². The average molecular weight is 458 g/mol. The number of carbonyl (C=O) groups excluding carboxylic acids is 4. The summed E-state index contributed by atoms with van der Waals surface area (Å²) in [5.41, 5.74) is -0.563. The van der Waals surface area contributed by atoms with Crippen LogP contribution in [0.15, 0.2) is 24.3 Å². The number of amides is 4. The van der Waals surface area contributed by atoms with Crippen LogP contribution in [0.25, 0.3) is 0 Å². The predicted octanol–water partition coefficient (Wildman–Crippen LogP) is 2.21. The van der Waals surface area contributed by atoms with Crippen molar-refractivity contribution in [1.82, 2.24) is 14.7 Å². The first-order valence-electron chi connectivity index (χ1n) is 11.7. The number of carbonyl (C=O) groups is 4. The van der Waals surface area contributed by atoms with Gasteiger partial charge in [-0.15, -0.1) is 0 Å². The lowest BCUT2D eigenvalue weighted by Gasteiger charge is -2.30. The smallest absolute Gasteiger partial charge is 0.240 e. The second kappa shape index (κ2) is 10.4. The van der Waals surface area contributed by atoms with Crippen LogP contribution in [0.2, 0.25) is 0 Å². The van der Waals surface area contributed by atoms with Crippen molar-refractivity contribution in [1.29, 1.82) is 0 Å². The number of rotatable bonds is 7. The third kappa shape index (κ3) is 5.37. The van der Waals surface area contributed by atoms with E-state index in [-0.39, 0.29) is 36.5 Å². The molecule has 3 rings (SSSR count). The largest absolute Gasteiger partial charge is 0.497 e. The van der Waals surface area contributed by atoms with Crippen LogP contribution in [0.5, 0.6) is 5.75 Å². The van der Waals surface area contributed by atoms with Gasteiger partial charge in [-0.05, 0) is 36.5 Å². The van der Waals surface area contributed by atoms with E-state index in [0.29, 0.717) is 56.4 Å². The van der Waals surface area contributed by atoms with Crippen molar-refractivity contribution in [2.45, 2.75) is 51.9 Å². The van der Waals surface area contributed by atoms with E-state index < -0.39 is 5.41 Å². The molecule has 0 spiro atoms. The van der Waals surface area contributed by atoms with Crippen LogP contribution in [-0.4, -0.2) is 78.2 Å². The summed E-state index contributed by atoms with van der Waals surface area (Å²) < 4.78 is 5.25. The molecule has 1 atom stereocenters. The second-order valence-corrected chi connectivity index (χ2v) is 9.44. The van der Waals surface area contributed by atoms with Crippen LogP contribution in [0.3, 0.4) is 0 Å². The Hall–Kier alpha value is -2.90. The molecule has 8 heteroatoms. The van der Waals surface area contributed by atoms with Crippen LogP contribution in [0.4, 0.5) is 0 Å². The fourth-order valence-corrected chi connectivity index (χ4v) is 4.64. The quantitative estimate of drug-likeness (QED) is 0.586. The van der Waals surface area contributed by atoms with Gasteiger partial charge in [-0.3, -0.25) is 24.1 Å². The van der Waals surface area contributed by atoms with Gasteiger partial charge < -0.3 is 14.5 Å². The van der Waals surface area contributed by atoms with Gasteiger partial charge in [0.05, 0.1) is 12.5 Å². The normalized spacial score (nSPS) is 21.5. The highest BCUT2D eigenvalue weighted by atomic mass is 16.5. The van der Waals surface area contributed by atoms with E-state index in [9.17, 15) is 19.2 Å². The summed E-state index contributed by atoms with van der Waals surface area (Å²) in [4.78, 5) is 56.6. The minimum absolute atomic E-state index is 0.00337. The van der Waals surface area contributed by atoms with Gasteiger partial charge in [0.15, 0.2) is 0 Å². The Labute approximate surface area is 195 Å². The zero-order valence-corrected chi connectivity index (χ0v) is 20.1. The number of hydrogen-bond acceptors (Lipinski definition) is 5. The lowest BCUT2D eigenvalue weighted by atomic mass is 9.75. The Kier molecular flexibility index (Phi) is 7.76. The molecule has 4 amide bonds. The molecule has 0 aliphatic carbocycles. The van der Waals surface area contributed by atoms with Crippen LogP contribution in [-0.2, 0) is 24.6 Å². The SMILES string of the molecule is COc1ccc([C@]2(CC(=O)N3CCCN(C(C)=O)CC3)CC(=O)N(CCC(C)C)C2=O)cc1. The van der Waals surface area contributed by atoms with Crippen LogP contribution < -0.4 is 4.74 Å². The van der Waals surface area contributed by atoms with Crippen molar-refractivity contribution < 1.29 is 23.9 Å². The lowest BCUT2D eigenvalue weighted by molar-refractivity contribution is -0.142. The summed E-state index contributed by atoms with van der Waals surface area (Å²) in [6.45, 7) is 8.04. The second-order valence-electron chi connectivity index (χ2n) is 9.44. The molecule has 0 bridgehead atoms. The lowest BCUT2D eigenvalue weighted by Crippen LogP contribution is -2.44. The van der Waals surface area contributed by atoms with Crippen molar-refractivity contribution >= 4 is 23.6 Å². The fraction of sp³-hybridized carbons (Fsp3) is 0.600. The highest BCUT2D eigenvalue weighted by molar-refractivity contribution is 6.10. The topological polar surface area (TPSA) is 87.2 Å². The van der Waals surface area contributed by atoms with Gasteiger partial charge in [0, 0.05) is 52.5 Å². The first-order chi connectivity index (χ1) is 15.7. The van der Waals surface area contributed by atoms with Crippen molar-refractivity contribution in [3.8, 4) is 5.75 Å². The van der Waals surface area contributed by atoms with E-state index in [1.54, 1.807) is 41.2 Å². The maximum absolute atomic E-state index is 13.7. The summed E-state index contributed by atoms with van der Waals surface area (Å²) in [6, 6.07) is 7.08. The summed E-state index contributed by atoms with van der Waals surface area (Å²) >= 11 is 0. The molecule has 0 aromatic heterocycles. The average Bonchev–Trinajstić information content (AvgIpc) is 2.94. The standard InChI is InChI=1S/C25H35N3O5/c1-18(2)10-13-28-23(31)17-25(24(28)32,20-6-8-21(33-4)9-7-20)16-22(30)27-12-5-11-26(14-15-27)19(3)29/h6-9,18H,5,10-17H2,1-4H3/t25-/m0/s1. The van der Waals surface area contributed by atoms with Crippen LogP contribution in [0.1, 0.15) is 52.0 Å². The van der Waals surface area contributed by atoms with Gasteiger partial charge in [0.2, 0.25) is 23.6 Å². The van der Waals surface area contributed by atoms with Crippen LogP contribution >= 0.6 is 0 Å². The van der Waals surface area contributed by atoms with Gasteiger partial charge in [-0.2, -0.15) is 0 Å². The first kappa shape index (κ1) is 24.7. The third-order valence-corrected chi connectivity index (χ3v) is 6.73. The zero-order valence-electron chi connectivity index (χ0n) is 20.1. The zero-order chi connectivity index (χ0) is 24.2. The number of hydrogen-bond donors (Lipinski definition) is 0. The van der Waals surface area contributed by atoms with Gasteiger partial charge in [-0.25, -0.2) is 0 Å². The molecule has 2 aliphatic heterocycles. The highest BCUT2D eigenvalue weighted by Gasteiger charge is 2.54. The number of methoxy groups -OCH3 is 1. The monoisotopic (exact) mass is 457 g/mol. The maximum atomic E-state index is 13.7. The number of nitrogens with zero attached hydrogens (tertiary/aromatic N) is 3. The molecule has 2 saturated heterocycles. The maximum Gasteiger partial charge on any atom is 0.240 e. The molecule has 0 saturated carbocycles. The molecule has 180 valence electrons. The summed E-state index contributed by atoms with van der Waals surface area (Å²) in [7, 11) is 1.57. The van der Waals surface area contributed by atoms with E-state index >= 15 is 0 Å². The molecule has 2 heterocycles. The Morgan fingerprint density at radius 2 is 1.67 bits per heavy atom. The molecule has 1 aromatic rings. The summed E-state index contributed by atoms with van der Waals surface area (Å²) in [5.74, 6) is 0.296. The van der Waals surface area contributed by atoms with Gasteiger partial charge in [0.25, 0.3) is 0 Å². The summed E-state index contributed by atoms with van der Waals surface area (Å²) in [5, 5.41) is 0. The molecular formula is C25H35N3O5. The highest BCUT2D eigenvalue weighted by Crippen LogP contribution is 2.41. The Morgan fingerprint density at radius 3 is 2.27 bits per heavy atom. The number of ether oxygens (including phenoxy) is 1. The molecule has 0 N–H and O–H groups in total. The number of benzene rings is 1. The molecular weight excluding hydrogens is 422 g/mol. The minimum Gasteiger partial charge on any atom is -0.497 e. The molecule has 8 nitrogen and oxygen atoms in total. The van der Waals surface area contributed by atoms with E-state index in [1.165, 1.54) is 11.8 Å². The van der Waals surface area contributed by atoms with Gasteiger partial charge >= 0.3 is 0 Å². The van der Waals surface area contributed by atoms with E-state index in [4.69, 9.17) is 4.74 Å². The number of imide groups is 1. The van der Waals surface area contributed by atoms with E-state index in [0.717, 1.165) is 6.42 Å². The van der Waals surface area contributed by atoms with E-state index in [2.05, 4.69) is 13.8 Å². The van der Waals surface area contributed by atoms with Gasteiger partial charge in [0.1, 0.15) is 5.75 Å². The fourth-order valence-electron chi connectivity index (χ4n) is 4.64. The number of likely N-dealkylation sites (tertiary alicyclic amines) is 1. The Balaban J connectivity index is 1.88. The van der Waals surface area contributed by atoms with Crippen molar-refractivity contribution in [2.24, 2.45) is 5.92 Å². The van der Waals surface area contributed by atoms with Crippen molar-refractivity contribution in [3.63, 3.8) is 0 Å². The third-order valence-electron chi connectivity index (χ3n) is 6.73. The molecule has 33 heavy (non-hydrogen) atoms. The Morgan fingerprint density at radius 1 is 1.03 bits per heavy atom. The Bertz CT molecular complexity index is 898. The molecule has 0 radical (unpaired) electrons. The molecule has 1 aromatic carbocycles. The first-order valence-corrected chi connectivity index (χ1v) is 11.7. The van der Waals surface area contributed by atoms with Gasteiger partial charge in [-0.1, -0.05) is 26.0 Å². The van der Waals surface area contributed by atoms with E-state index in [1.807, 2.05) is 0 Å². The molecule has 0 unspecified atom stereocenters. The predicted molar refractivity (Wildman–Crippen MR) is 124 cm³/mol. The summed E-state index contributed by atoms with van der Waals surface area (Å²) in [6.07, 6.45) is 1.32. The molecule has 2 aliphatic rings. The van der Waals surface area contributed by atoms with Crippen molar-refractivity contribution in [2.75, 3.05) is 39.8 Å².